The zero-order chi connectivity index (χ0) is 22.8. The average molecular weight is 555 g/mol. The second-order valence-electron chi connectivity index (χ2n) is 8.61. The molecular formula is C28H17N3O2Te. The van der Waals surface area contributed by atoms with Crippen LogP contribution in [0.1, 0.15) is 33.6 Å². The van der Waals surface area contributed by atoms with Gasteiger partial charge in [0.2, 0.25) is 0 Å². The molecule has 34 heavy (non-hydrogen) atoms. The molecule has 0 amide bonds. The summed E-state index contributed by atoms with van der Waals surface area (Å²) in [5, 5.41) is 0. The van der Waals surface area contributed by atoms with Crippen molar-refractivity contribution in [3.8, 4) is 0 Å². The summed E-state index contributed by atoms with van der Waals surface area (Å²) in [7, 11) is 0. The summed E-state index contributed by atoms with van der Waals surface area (Å²) in [5.74, 6) is -0.342. The Bertz CT molecular complexity index is 1500. The van der Waals surface area contributed by atoms with Crippen molar-refractivity contribution in [2.45, 2.75) is 12.8 Å². The Morgan fingerprint density at radius 1 is 0.765 bits per heavy atom. The zero-order valence-corrected chi connectivity index (χ0v) is 20.3. The number of carbonyl (C=O) groups excluding carboxylic acids is 2. The Kier molecular flexibility index (Phi) is 4.35. The summed E-state index contributed by atoms with van der Waals surface area (Å²) in [6, 6.07) is 15.3. The molecule has 5 nitrogen and oxygen atoms in total. The van der Waals surface area contributed by atoms with Gasteiger partial charge in [0.15, 0.2) is 0 Å². The van der Waals surface area contributed by atoms with Crippen molar-refractivity contribution in [2.75, 3.05) is 4.90 Å². The van der Waals surface area contributed by atoms with Crippen LogP contribution in [0.2, 0.25) is 0 Å². The number of pyridine rings is 2. The standard InChI is InChI=1S/C28H17N3O2Te/c32-25-20-5-1-2-6-21(20)26(33)22(25)13-16-11-17-14-19(15-18(17)12-16)31-23-7-3-9-29-27(23)34-28-24(31)8-4-10-30-28/h1-11,13,15H,12,14H2. The van der Waals surface area contributed by atoms with E-state index in [4.69, 9.17) is 0 Å². The van der Waals surface area contributed by atoms with Crippen LogP contribution < -0.4 is 12.4 Å². The van der Waals surface area contributed by atoms with Gasteiger partial charge in [0.25, 0.3) is 0 Å². The SMILES string of the molecule is O=C1C(=CC2=CC3=C(C=C(N4c5cccnc5[Te]c5ncccc54)C3)C2)C(=O)c2ccccc21. The fraction of sp³-hybridized carbons (Fsp3) is 0.0714. The van der Waals surface area contributed by atoms with E-state index in [1.165, 1.54) is 16.8 Å². The quantitative estimate of drug-likeness (QED) is 0.276. The number of fused-ring (bicyclic) bond motifs is 3. The first-order chi connectivity index (χ1) is 16.7. The topological polar surface area (TPSA) is 63.2 Å². The number of aromatic nitrogens is 2. The van der Waals surface area contributed by atoms with Gasteiger partial charge in [0.1, 0.15) is 0 Å². The van der Waals surface area contributed by atoms with E-state index in [2.05, 4.69) is 39.2 Å². The predicted molar refractivity (Wildman–Crippen MR) is 131 cm³/mol. The van der Waals surface area contributed by atoms with E-state index in [0.29, 0.717) is 11.1 Å². The number of benzene rings is 1. The fourth-order valence-electron chi connectivity index (χ4n) is 5.07. The summed E-state index contributed by atoms with van der Waals surface area (Å²) in [5.41, 5.74) is 8.32. The van der Waals surface area contributed by atoms with Crippen molar-refractivity contribution < 1.29 is 9.59 Å². The van der Waals surface area contributed by atoms with Crippen LogP contribution in [-0.2, 0) is 0 Å². The first-order valence-corrected chi connectivity index (χ1v) is 13.4. The zero-order valence-electron chi connectivity index (χ0n) is 18.0. The van der Waals surface area contributed by atoms with E-state index in [9.17, 15) is 9.59 Å². The van der Waals surface area contributed by atoms with Crippen molar-refractivity contribution in [2.24, 2.45) is 0 Å². The van der Waals surface area contributed by atoms with Crippen LogP contribution in [0.25, 0.3) is 0 Å². The van der Waals surface area contributed by atoms with Gasteiger partial charge < -0.3 is 0 Å². The monoisotopic (exact) mass is 557 g/mol. The maximum atomic E-state index is 12.8. The van der Waals surface area contributed by atoms with Crippen molar-refractivity contribution >= 4 is 51.3 Å². The normalized spacial score (nSPS) is 17.9. The molecule has 2 aromatic heterocycles. The molecule has 0 fully saturated rings. The summed E-state index contributed by atoms with van der Waals surface area (Å²) < 4.78 is 2.32. The molecule has 0 saturated carbocycles. The van der Waals surface area contributed by atoms with Gasteiger partial charge in [-0.05, 0) is 0 Å². The summed E-state index contributed by atoms with van der Waals surface area (Å²) in [4.78, 5) is 37.2. The Hall–Kier alpha value is -3.59. The van der Waals surface area contributed by atoms with Gasteiger partial charge in [0.05, 0.1) is 0 Å². The Labute approximate surface area is 206 Å². The predicted octanol–water partition coefficient (Wildman–Crippen LogP) is 3.50. The molecule has 0 unspecified atom stereocenters. The molecule has 0 spiro atoms. The molecule has 0 bridgehead atoms. The van der Waals surface area contributed by atoms with Crippen molar-refractivity contribution in [1.82, 2.24) is 9.97 Å². The van der Waals surface area contributed by atoms with Crippen LogP contribution in [0.3, 0.4) is 0 Å². The molecule has 162 valence electrons. The Balaban J connectivity index is 1.18. The third kappa shape index (κ3) is 2.93. The Morgan fingerprint density at radius 3 is 2.00 bits per heavy atom. The van der Waals surface area contributed by atoms with Crippen LogP contribution in [0.15, 0.2) is 107 Å². The van der Waals surface area contributed by atoms with E-state index in [0.717, 1.165) is 37.3 Å². The van der Waals surface area contributed by atoms with Crippen LogP contribution in [0.4, 0.5) is 11.4 Å². The smallest absolute Gasteiger partial charge is 0.0615 e. The number of anilines is 2. The van der Waals surface area contributed by atoms with Crippen molar-refractivity contribution in [3.63, 3.8) is 0 Å². The van der Waals surface area contributed by atoms with Crippen LogP contribution in [0.5, 0.6) is 0 Å². The number of nitrogens with zero attached hydrogens (tertiary/aromatic N) is 3. The molecule has 0 atom stereocenters. The van der Waals surface area contributed by atoms with Crippen LogP contribution in [0, 0.1) is 0 Å². The van der Waals surface area contributed by atoms with Gasteiger partial charge in [-0.3, -0.25) is 0 Å². The second-order valence-corrected chi connectivity index (χ2v) is 11.4. The van der Waals surface area contributed by atoms with E-state index in [-0.39, 0.29) is 17.1 Å². The van der Waals surface area contributed by atoms with Gasteiger partial charge >= 0.3 is 183 Å². The molecule has 1 aromatic carbocycles. The molecule has 3 aromatic rings. The van der Waals surface area contributed by atoms with Gasteiger partial charge in [-0.15, -0.1) is 0 Å². The molecule has 0 N–H and O–H groups in total. The number of Topliss-reactive ketones (excluding diaryl/α,β-unsaturated/α-hetero) is 2. The van der Waals surface area contributed by atoms with Crippen LogP contribution in [-0.4, -0.2) is 42.5 Å². The molecule has 3 aliphatic carbocycles. The summed E-state index contributed by atoms with van der Waals surface area (Å²) >= 11 is -0.620. The minimum atomic E-state index is -0.620. The number of hydrogen-bond donors (Lipinski definition) is 0. The molecule has 0 saturated heterocycles. The van der Waals surface area contributed by atoms with E-state index >= 15 is 0 Å². The first-order valence-electron chi connectivity index (χ1n) is 11.1. The van der Waals surface area contributed by atoms with E-state index in [1.54, 1.807) is 30.3 Å². The molecule has 1 aliphatic heterocycles. The Morgan fingerprint density at radius 2 is 1.38 bits per heavy atom. The summed E-state index contributed by atoms with van der Waals surface area (Å²) in [6.07, 6.45) is 11.4. The van der Waals surface area contributed by atoms with Gasteiger partial charge in [-0.1, -0.05) is 24.3 Å². The number of allylic oxidation sites excluding steroid dienone is 7. The van der Waals surface area contributed by atoms with Gasteiger partial charge in [-0.2, -0.15) is 0 Å². The number of ketones is 2. The molecule has 7 rings (SSSR count). The number of rotatable bonds is 2. The molecular weight excluding hydrogens is 538 g/mol. The average Bonchev–Trinajstić information content (AvgIpc) is 3.50. The van der Waals surface area contributed by atoms with E-state index in [1.807, 2.05) is 24.5 Å². The minimum Gasteiger partial charge on any atom is -0.0615 e. The third-order valence-corrected chi connectivity index (χ3v) is 9.48. The van der Waals surface area contributed by atoms with Crippen LogP contribution >= 0.6 is 0 Å². The molecule has 3 heterocycles. The first kappa shape index (κ1) is 19.8. The molecule has 6 heteroatoms. The van der Waals surface area contributed by atoms with Gasteiger partial charge in [0, 0.05) is 0 Å². The minimum absolute atomic E-state index is 0.171. The van der Waals surface area contributed by atoms with Gasteiger partial charge in [-0.25, -0.2) is 0 Å². The fourth-order valence-corrected chi connectivity index (χ4v) is 7.75. The number of carbonyl (C=O) groups is 2. The van der Waals surface area contributed by atoms with E-state index < -0.39 is 20.9 Å². The molecule has 4 aliphatic rings. The third-order valence-electron chi connectivity index (χ3n) is 6.58. The second kappa shape index (κ2) is 7.46. The maximum absolute atomic E-state index is 12.8. The van der Waals surface area contributed by atoms with Crippen molar-refractivity contribution in [3.05, 3.63) is 118 Å². The summed E-state index contributed by atoms with van der Waals surface area (Å²) in [6.45, 7) is 0. The van der Waals surface area contributed by atoms with Crippen molar-refractivity contribution in [1.29, 1.82) is 0 Å². The molecule has 0 radical (unpaired) electrons. The number of hydrogen-bond acceptors (Lipinski definition) is 5.